The fourth-order valence-corrected chi connectivity index (χ4v) is 0.594. The summed E-state index contributed by atoms with van der Waals surface area (Å²) in [5.41, 5.74) is 1.02. The first-order chi connectivity index (χ1) is 4.97. The monoisotopic (exact) mass is 134 g/mol. The van der Waals surface area contributed by atoms with E-state index >= 15 is 0 Å². The normalized spacial score (nSPS) is 10.0. The van der Waals surface area contributed by atoms with E-state index in [9.17, 15) is 0 Å². The SMILES string of the molecule is c1ncc2nnnnc2n1. The Morgan fingerprint density at radius 2 is 2.00 bits per heavy atom. The molecule has 0 N–H and O–H groups in total. The van der Waals surface area contributed by atoms with Crippen LogP contribution in [0.3, 0.4) is 0 Å². The van der Waals surface area contributed by atoms with Crippen molar-refractivity contribution in [2.24, 2.45) is 0 Å². The Morgan fingerprint density at radius 3 is 2.90 bits per heavy atom. The molecule has 0 saturated heterocycles. The molecule has 0 aliphatic rings. The molecule has 2 aromatic rings. The molecule has 0 aliphatic heterocycles. The molecule has 2 heterocycles. The van der Waals surface area contributed by atoms with Gasteiger partial charge in [0.15, 0.2) is 5.52 Å². The summed E-state index contributed by atoms with van der Waals surface area (Å²) >= 11 is 0. The molecule has 0 amide bonds. The summed E-state index contributed by atoms with van der Waals surface area (Å²) in [6.07, 6.45) is 2.92. The Bertz CT molecular complexity index is 281. The fourth-order valence-electron chi connectivity index (χ4n) is 0.594. The van der Waals surface area contributed by atoms with E-state index in [2.05, 4.69) is 30.6 Å². The van der Waals surface area contributed by atoms with Crippen LogP contribution in [0.2, 0.25) is 0 Å². The van der Waals surface area contributed by atoms with Crippen LogP contribution in [-0.4, -0.2) is 30.6 Å². The topological polar surface area (TPSA) is 77.3 Å². The zero-order valence-corrected chi connectivity index (χ0v) is 4.84. The largest absolute Gasteiger partial charge is 0.242 e. The highest BCUT2D eigenvalue weighted by atomic mass is 15.4. The van der Waals surface area contributed by atoms with Crippen LogP contribution >= 0.6 is 0 Å². The average molecular weight is 134 g/mol. The Labute approximate surface area is 55.3 Å². The van der Waals surface area contributed by atoms with Crippen molar-refractivity contribution in [2.45, 2.75) is 0 Å². The molecule has 0 atom stereocenters. The van der Waals surface area contributed by atoms with Crippen LogP contribution in [0.25, 0.3) is 11.2 Å². The van der Waals surface area contributed by atoms with Gasteiger partial charge in [-0.05, 0) is 10.4 Å². The lowest BCUT2D eigenvalue weighted by atomic mass is 10.6. The third-order valence-corrected chi connectivity index (χ3v) is 1.00. The van der Waals surface area contributed by atoms with Crippen LogP contribution in [0.1, 0.15) is 0 Å². The molecule has 10 heavy (non-hydrogen) atoms. The zero-order valence-electron chi connectivity index (χ0n) is 4.84. The highest BCUT2D eigenvalue weighted by molar-refractivity contribution is 5.65. The minimum Gasteiger partial charge on any atom is -0.242 e. The van der Waals surface area contributed by atoms with Crippen molar-refractivity contribution >= 4 is 11.2 Å². The third-order valence-electron chi connectivity index (χ3n) is 1.00. The molecular formula is C4H2N6. The predicted molar refractivity (Wildman–Crippen MR) is 30.7 cm³/mol. The smallest absolute Gasteiger partial charge is 0.207 e. The highest BCUT2D eigenvalue weighted by Gasteiger charge is 1.93. The van der Waals surface area contributed by atoms with Crippen molar-refractivity contribution in [3.63, 3.8) is 0 Å². The quantitative estimate of drug-likeness (QED) is 0.469. The fraction of sp³-hybridized carbons (Fsp3) is 0. The molecule has 0 radical (unpaired) electrons. The van der Waals surface area contributed by atoms with Crippen molar-refractivity contribution in [2.75, 3.05) is 0 Å². The summed E-state index contributed by atoms with van der Waals surface area (Å²) in [4.78, 5) is 7.53. The highest BCUT2D eigenvalue weighted by Crippen LogP contribution is 1.95. The van der Waals surface area contributed by atoms with E-state index in [-0.39, 0.29) is 0 Å². The number of aromatic nitrogens is 6. The molecule has 0 spiro atoms. The molecule has 6 heteroatoms. The van der Waals surface area contributed by atoms with Gasteiger partial charge in [0.2, 0.25) is 5.65 Å². The van der Waals surface area contributed by atoms with Crippen LogP contribution in [0.15, 0.2) is 12.5 Å². The number of hydrogen-bond acceptors (Lipinski definition) is 6. The van der Waals surface area contributed by atoms with E-state index in [0.29, 0.717) is 11.2 Å². The molecule has 0 saturated carbocycles. The second-order valence-corrected chi connectivity index (χ2v) is 1.61. The minimum atomic E-state index is 0.463. The lowest BCUT2D eigenvalue weighted by molar-refractivity contribution is 0.787. The van der Waals surface area contributed by atoms with Crippen molar-refractivity contribution in [3.8, 4) is 0 Å². The molecule has 0 fully saturated rings. The summed E-state index contributed by atoms with van der Waals surface area (Å²) in [6.45, 7) is 0. The number of rotatable bonds is 0. The summed E-state index contributed by atoms with van der Waals surface area (Å²) in [7, 11) is 0. The Morgan fingerprint density at radius 1 is 1.10 bits per heavy atom. The zero-order chi connectivity index (χ0) is 6.81. The molecule has 0 aliphatic carbocycles. The maximum Gasteiger partial charge on any atom is 0.207 e. The van der Waals surface area contributed by atoms with Gasteiger partial charge < -0.3 is 0 Å². The van der Waals surface area contributed by atoms with Crippen molar-refractivity contribution in [1.82, 2.24) is 30.6 Å². The minimum absolute atomic E-state index is 0.463. The molecular weight excluding hydrogens is 132 g/mol. The summed E-state index contributed by atoms with van der Waals surface area (Å²) in [6, 6.07) is 0. The van der Waals surface area contributed by atoms with E-state index in [1.165, 1.54) is 12.5 Å². The van der Waals surface area contributed by atoms with Crippen LogP contribution in [0.4, 0.5) is 0 Å². The molecule has 48 valence electrons. The maximum absolute atomic E-state index is 3.79. The van der Waals surface area contributed by atoms with Gasteiger partial charge in [-0.25, -0.2) is 9.97 Å². The van der Waals surface area contributed by atoms with Gasteiger partial charge in [-0.2, -0.15) is 0 Å². The van der Waals surface area contributed by atoms with Crippen molar-refractivity contribution < 1.29 is 0 Å². The summed E-state index contributed by atoms with van der Waals surface area (Å²) < 4.78 is 0. The van der Waals surface area contributed by atoms with Gasteiger partial charge in [0, 0.05) is 0 Å². The average Bonchev–Trinajstić information content (AvgIpc) is 2.05. The second kappa shape index (κ2) is 1.90. The molecule has 6 nitrogen and oxygen atoms in total. The van der Waals surface area contributed by atoms with Gasteiger partial charge in [0.1, 0.15) is 6.33 Å². The van der Waals surface area contributed by atoms with Crippen LogP contribution < -0.4 is 0 Å². The van der Waals surface area contributed by atoms with E-state index in [4.69, 9.17) is 0 Å². The summed E-state index contributed by atoms with van der Waals surface area (Å²) in [5, 5.41) is 13.9. The van der Waals surface area contributed by atoms with Crippen LogP contribution in [0.5, 0.6) is 0 Å². The van der Waals surface area contributed by atoms with Crippen LogP contribution in [0, 0.1) is 0 Å². The van der Waals surface area contributed by atoms with Gasteiger partial charge in [0.05, 0.1) is 6.20 Å². The van der Waals surface area contributed by atoms with Gasteiger partial charge in [-0.3, -0.25) is 0 Å². The Hall–Kier alpha value is -1.72. The molecule has 0 bridgehead atoms. The van der Waals surface area contributed by atoms with E-state index in [1.54, 1.807) is 0 Å². The number of hydrogen-bond donors (Lipinski definition) is 0. The van der Waals surface area contributed by atoms with E-state index in [1.807, 2.05) is 0 Å². The molecule has 0 aromatic carbocycles. The maximum atomic E-state index is 3.79. The van der Waals surface area contributed by atoms with Gasteiger partial charge >= 0.3 is 0 Å². The summed E-state index contributed by atoms with van der Waals surface area (Å²) in [5.74, 6) is 0. The van der Waals surface area contributed by atoms with E-state index in [0.717, 1.165) is 0 Å². The molecule has 2 rings (SSSR count). The van der Waals surface area contributed by atoms with Crippen molar-refractivity contribution in [3.05, 3.63) is 12.5 Å². The van der Waals surface area contributed by atoms with E-state index < -0.39 is 0 Å². The Balaban J connectivity index is 2.89. The first kappa shape index (κ1) is 5.10. The van der Waals surface area contributed by atoms with Gasteiger partial charge in [0.25, 0.3) is 0 Å². The number of fused-ring (bicyclic) bond motifs is 1. The Kier molecular flexibility index (Phi) is 0.970. The van der Waals surface area contributed by atoms with Crippen LogP contribution in [-0.2, 0) is 0 Å². The second-order valence-electron chi connectivity index (χ2n) is 1.61. The van der Waals surface area contributed by atoms with Gasteiger partial charge in [-0.15, -0.1) is 10.2 Å². The molecule has 2 aromatic heterocycles. The van der Waals surface area contributed by atoms with Crippen molar-refractivity contribution in [1.29, 1.82) is 0 Å². The molecule has 0 unspecified atom stereocenters. The standard InChI is InChI=1S/C4H2N6/c1-3-4(6-2-5-1)8-10-9-7-3/h1-2H. The van der Waals surface area contributed by atoms with Gasteiger partial charge in [-0.1, -0.05) is 0 Å². The number of nitrogens with zero attached hydrogens (tertiary/aromatic N) is 6. The first-order valence-electron chi connectivity index (χ1n) is 2.58. The predicted octanol–water partition coefficient (Wildman–Crippen LogP) is -0.790. The lowest BCUT2D eigenvalue weighted by Gasteiger charge is -1.86. The third kappa shape index (κ3) is 0.661. The lowest BCUT2D eigenvalue weighted by Crippen LogP contribution is -1.94. The first-order valence-corrected chi connectivity index (χ1v) is 2.58.